The lowest BCUT2D eigenvalue weighted by atomic mass is 10.1. The third-order valence-electron chi connectivity index (χ3n) is 4.49. The van der Waals surface area contributed by atoms with Crippen LogP contribution in [0.15, 0.2) is 48.5 Å². The van der Waals surface area contributed by atoms with Gasteiger partial charge in [-0.1, -0.05) is 18.2 Å². The van der Waals surface area contributed by atoms with E-state index in [1.165, 1.54) is 52.3 Å². The average Bonchev–Trinajstić information content (AvgIpc) is 2.73. The van der Waals surface area contributed by atoms with Crippen LogP contribution in [0.1, 0.15) is 20.7 Å². The highest BCUT2D eigenvalue weighted by Gasteiger charge is 2.27. The molecule has 3 rings (SSSR count). The van der Waals surface area contributed by atoms with Gasteiger partial charge in [0.1, 0.15) is 5.75 Å². The molecule has 0 spiro atoms. The van der Waals surface area contributed by atoms with Crippen LogP contribution >= 0.6 is 0 Å². The lowest BCUT2D eigenvalue weighted by Crippen LogP contribution is -2.50. The van der Waals surface area contributed by atoms with Crippen LogP contribution < -0.4 is 4.74 Å². The van der Waals surface area contributed by atoms with Gasteiger partial charge in [-0.05, 0) is 18.2 Å². The number of piperazine rings is 1. The first kappa shape index (κ1) is 20.2. The van der Waals surface area contributed by atoms with E-state index in [4.69, 9.17) is 0 Å². The minimum atomic E-state index is -3.05. The number of non-ortho nitro benzene ring substituents is 1. The van der Waals surface area contributed by atoms with Crippen LogP contribution in [0.3, 0.4) is 0 Å². The third-order valence-corrected chi connectivity index (χ3v) is 4.49. The molecule has 0 unspecified atom stereocenters. The molecule has 0 aliphatic carbocycles. The molecule has 1 fully saturated rings. The summed E-state index contributed by atoms with van der Waals surface area (Å²) in [5.74, 6) is -1.05. The number of benzene rings is 2. The number of hydrogen-bond donors (Lipinski definition) is 0. The summed E-state index contributed by atoms with van der Waals surface area (Å²) in [6.45, 7) is -2.23. The molecular weight excluding hydrogens is 388 g/mol. The van der Waals surface area contributed by atoms with Crippen molar-refractivity contribution < 1.29 is 28.0 Å². The Bertz CT molecular complexity index is 930. The number of nitro benzene ring substituents is 1. The molecule has 0 bridgehead atoms. The summed E-state index contributed by atoms with van der Waals surface area (Å²) in [4.78, 5) is 38.5. The highest BCUT2D eigenvalue weighted by Crippen LogP contribution is 2.23. The lowest BCUT2D eigenvalue weighted by Gasteiger charge is -2.35. The fourth-order valence-electron chi connectivity index (χ4n) is 3.06. The maximum atomic E-state index is 12.7. The van der Waals surface area contributed by atoms with Gasteiger partial charge in [-0.3, -0.25) is 19.7 Å². The van der Waals surface area contributed by atoms with Crippen LogP contribution in [0.4, 0.5) is 14.5 Å². The van der Waals surface area contributed by atoms with E-state index in [0.29, 0.717) is 0 Å². The van der Waals surface area contributed by atoms with E-state index in [1.54, 1.807) is 6.07 Å². The molecule has 1 aliphatic heterocycles. The number of hydrogen-bond acceptors (Lipinski definition) is 5. The van der Waals surface area contributed by atoms with Gasteiger partial charge in [-0.2, -0.15) is 8.78 Å². The van der Waals surface area contributed by atoms with Crippen molar-refractivity contribution in [2.24, 2.45) is 0 Å². The first-order valence-corrected chi connectivity index (χ1v) is 8.73. The van der Waals surface area contributed by atoms with Gasteiger partial charge in [-0.25, -0.2) is 0 Å². The van der Waals surface area contributed by atoms with Crippen LogP contribution in [-0.4, -0.2) is 59.3 Å². The van der Waals surface area contributed by atoms with Crippen molar-refractivity contribution in [3.05, 3.63) is 69.8 Å². The highest BCUT2D eigenvalue weighted by molar-refractivity contribution is 5.98. The second-order valence-electron chi connectivity index (χ2n) is 6.27. The smallest absolute Gasteiger partial charge is 0.387 e. The summed E-state index contributed by atoms with van der Waals surface area (Å²) >= 11 is 0. The summed E-state index contributed by atoms with van der Waals surface area (Å²) in [6, 6.07) is 11.2. The van der Waals surface area contributed by atoms with Gasteiger partial charge in [0.05, 0.1) is 10.5 Å². The number of nitrogens with zero attached hydrogens (tertiary/aromatic N) is 3. The zero-order chi connectivity index (χ0) is 21.0. The van der Waals surface area contributed by atoms with Crippen molar-refractivity contribution >= 4 is 17.5 Å². The molecule has 2 amide bonds. The molecule has 152 valence electrons. The SMILES string of the molecule is O=C(c1cccc([N+](=O)[O-])c1)N1CCN(C(=O)c2ccccc2OC(F)F)CC1. The largest absolute Gasteiger partial charge is 0.434 e. The molecule has 2 aromatic carbocycles. The molecule has 0 radical (unpaired) electrons. The number of rotatable bonds is 5. The summed E-state index contributed by atoms with van der Waals surface area (Å²) in [5, 5.41) is 10.9. The van der Waals surface area contributed by atoms with Crippen molar-refractivity contribution in [1.82, 2.24) is 9.80 Å². The lowest BCUT2D eigenvalue weighted by molar-refractivity contribution is -0.384. The Balaban J connectivity index is 1.66. The van der Waals surface area contributed by atoms with Gasteiger partial charge < -0.3 is 14.5 Å². The van der Waals surface area contributed by atoms with Gasteiger partial charge in [0.25, 0.3) is 17.5 Å². The standard InChI is InChI=1S/C19H17F2N3O5/c20-19(21)29-16-7-2-1-6-15(16)18(26)23-10-8-22(9-11-23)17(25)13-4-3-5-14(12-13)24(27)28/h1-7,12,19H,8-11H2. The van der Waals surface area contributed by atoms with E-state index >= 15 is 0 Å². The molecule has 1 aliphatic rings. The van der Waals surface area contributed by atoms with Crippen LogP contribution in [0, 0.1) is 10.1 Å². The topological polar surface area (TPSA) is 93.0 Å². The minimum Gasteiger partial charge on any atom is -0.434 e. The van der Waals surface area contributed by atoms with Gasteiger partial charge >= 0.3 is 6.61 Å². The highest BCUT2D eigenvalue weighted by atomic mass is 19.3. The van der Waals surface area contributed by atoms with Gasteiger partial charge in [-0.15, -0.1) is 0 Å². The third kappa shape index (κ3) is 4.65. The number of carbonyl (C=O) groups excluding carboxylic acids is 2. The van der Waals surface area contributed by atoms with Crippen molar-refractivity contribution in [3.63, 3.8) is 0 Å². The summed E-state index contributed by atoms with van der Waals surface area (Å²) < 4.78 is 29.5. The molecule has 10 heteroatoms. The maximum Gasteiger partial charge on any atom is 0.387 e. The minimum absolute atomic E-state index is 0.0197. The van der Waals surface area contributed by atoms with Gasteiger partial charge in [0.2, 0.25) is 0 Å². The van der Waals surface area contributed by atoms with E-state index < -0.39 is 17.4 Å². The fourth-order valence-corrected chi connectivity index (χ4v) is 3.06. The molecule has 0 aromatic heterocycles. The second kappa shape index (κ2) is 8.63. The molecule has 1 heterocycles. The normalized spacial score (nSPS) is 14.0. The van der Waals surface area contributed by atoms with Crippen LogP contribution in [0.5, 0.6) is 5.75 Å². The molecule has 1 saturated heterocycles. The van der Waals surface area contributed by atoms with E-state index in [0.717, 1.165) is 0 Å². The van der Waals surface area contributed by atoms with Crippen molar-refractivity contribution in [2.75, 3.05) is 26.2 Å². The first-order chi connectivity index (χ1) is 13.9. The van der Waals surface area contributed by atoms with E-state index in [2.05, 4.69) is 4.74 Å². The Hall–Kier alpha value is -3.56. The van der Waals surface area contributed by atoms with Gasteiger partial charge in [0.15, 0.2) is 0 Å². The Morgan fingerprint density at radius 2 is 1.59 bits per heavy atom. The first-order valence-electron chi connectivity index (χ1n) is 8.73. The molecule has 0 atom stereocenters. The Kier molecular flexibility index (Phi) is 6.01. The van der Waals surface area contributed by atoms with Crippen molar-refractivity contribution in [3.8, 4) is 5.75 Å². The number of halogens is 2. The number of carbonyl (C=O) groups is 2. The van der Waals surface area contributed by atoms with Crippen molar-refractivity contribution in [2.45, 2.75) is 6.61 Å². The quantitative estimate of drug-likeness (QED) is 0.563. The van der Waals surface area contributed by atoms with Crippen LogP contribution in [-0.2, 0) is 0 Å². The Morgan fingerprint density at radius 1 is 0.966 bits per heavy atom. The maximum absolute atomic E-state index is 12.7. The molecule has 0 N–H and O–H groups in total. The number of amides is 2. The number of ether oxygens (including phenoxy) is 1. The second-order valence-corrected chi connectivity index (χ2v) is 6.27. The summed E-state index contributed by atoms with van der Waals surface area (Å²) in [5.41, 5.74) is 0.0289. The summed E-state index contributed by atoms with van der Waals surface area (Å²) in [6.07, 6.45) is 0. The number of para-hydroxylation sites is 1. The van der Waals surface area contributed by atoms with Crippen molar-refractivity contribution in [1.29, 1.82) is 0 Å². The zero-order valence-electron chi connectivity index (χ0n) is 15.2. The van der Waals surface area contributed by atoms with E-state index in [9.17, 15) is 28.5 Å². The average molecular weight is 405 g/mol. The zero-order valence-corrected chi connectivity index (χ0v) is 15.2. The predicted octanol–water partition coefficient (Wildman–Crippen LogP) is 2.79. The van der Waals surface area contributed by atoms with Crippen LogP contribution in [0.2, 0.25) is 0 Å². The monoisotopic (exact) mass is 405 g/mol. The van der Waals surface area contributed by atoms with Crippen LogP contribution in [0.25, 0.3) is 0 Å². The molecule has 8 nitrogen and oxygen atoms in total. The number of alkyl halides is 2. The molecular formula is C19H17F2N3O5. The molecule has 2 aromatic rings. The van der Waals surface area contributed by atoms with E-state index in [1.807, 2.05) is 0 Å². The Labute approximate surface area is 164 Å². The predicted molar refractivity (Wildman–Crippen MR) is 98.0 cm³/mol. The number of nitro groups is 1. The Morgan fingerprint density at radius 3 is 2.21 bits per heavy atom. The van der Waals surface area contributed by atoms with E-state index in [-0.39, 0.29) is 54.7 Å². The molecule has 29 heavy (non-hydrogen) atoms. The molecule has 0 saturated carbocycles. The van der Waals surface area contributed by atoms with Gasteiger partial charge in [0, 0.05) is 43.9 Å². The fraction of sp³-hybridized carbons (Fsp3) is 0.263. The summed E-state index contributed by atoms with van der Waals surface area (Å²) in [7, 11) is 0.